The Kier molecular flexibility index (Phi) is 3.94. The minimum absolute atomic E-state index is 0.0800. The van der Waals surface area contributed by atoms with Gasteiger partial charge in [-0.3, -0.25) is 4.79 Å². The van der Waals surface area contributed by atoms with Gasteiger partial charge in [-0.1, -0.05) is 24.3 Å². The molecule has 0 saturated carbocycles. The third-order valence-electron chi connectivity index (χ3n) is 2.71. The van der Waals surface area contributed by atoms with Crippen LogP contribution in [0.5, 0.6) is 0 Å². The number of nitrogens with zero attached hydrogens (tertiary/aromatic N) is 1. The Labute approximate surface area is 112 Å². The van der Waals surface area contributed by atoms with E-state index in [9.17, 15) is 4.79 Å². The first-order chi connectivity index (χ1) is 9.17. The van der Waals surface area contributed by atoms with Crippen molar-refractivity contribution in [3.05, 3.63) is 65.2 Å². The van der Waals surface area contributed by atoms with E-state index >= 15 is 0 Å². The van der Waals surface area contributed by atoms with Crippen LogP contribution < -0.4 is 5.32 Å². The van der Waals surface area contributed by atoms with E-state index in [0.29, 0.717) is 5.56 Å². The Bertz CT molecular complexity index is 641. The highest BCUT2D eigenvalue weighted by molar-refractivity contribution is 5.88. The molecule has 2 rings (SSSR count). The first kappa shape index (κ1) is 12.8. The zero-order chi connectivity index (χ0) is 13.7. The number of rotatable bonds is 3. The van der Waals surface area contributed by atoms with Crippen molar-refractivity contribution in [1.82, 2.24) is 0 Å². The molecule has 0 bridgehead atoms. The highest BCUT2D eigenvalue weighted by Gasteiger charge is 2.00. The number of hydrogen-bond donors (Lipinski definition) is 1. The second-order valence-corrected chi connectivity index (χ2v) is 4.37. The molecule has 3 heteroatoms. The van der Waals surface area contributed by atoms with E-state index in [1.165, 1.54) is 6.92 Å². The minimum atomic E-state index is -0.0800. The number of amides is 1. The third-order valence-corrected chi connectivity index (χ3v) is 2.71. The molecule has 0 fully saturated rings. The maximum absolute atomic E-state index is 11.0. The summed E-state index contributed by atoms with van der Waals surface area (Å²) in [6, 6.07) is 17.4. The SMILES string of the molecule is CC(=O)Nc1cccc(Cc2cccc(C#N)c2)c1. The van der Waals surface area contributed by atoms with Gasteiger partial charge in [0.25, 0.3) is 0 Å². The number of hydrogen-bond acceptors (Lipinski definition) is 2. The monoisotopic (exact) mass is 250 g/mol. The smallest absolute Gasteiger partial charge is 0.221 e. The third kappa shape index (κ3) is 3.68. The van der Waals surface area contributed by atoms with Crippen LogP contribution in [0.25, 0.3) is 0 Å². The molecule has 2 aromatic rings. The molecule has 0 saturated heterocycles. The molecule has 0 aliphatic rings. The average molecular weight is 250 g/mol. The molecule has 0 spiro atoms. The molecule has 0 aliphatic carbocycles. The van der Waals surface area contributed by atoms with Crippen LogP contribution in [0.1, 0.15) is 23.6 Å². The largest absolute Gasteiger partial charge is 0.326 e. The first-order valence-corrected chi connectivity index (χ1v) is 6.03. The molecule has 0 aromatic heterocycles. The Morgan fingerprint density at radius 2 is 1.84 bits per heavy atom. The van der Waals surface area contributed by atoms with Crippen molar-refractivity contribution < 1.29 is 4.79 Å². The summed E-state index contributed by atoms with van der Waals surface area (Å²) in [7, 11) is 0. The van der Waals surface area contributed by atoms with Crippen molar-refractivity contribution in [1.29, 1.82) is 5.26 Å². The van der Waals surface area contributed by atoms with Gasteiger partial charge < -0.3 is 5.32 Å². The summed E-state index contributed by atoms with van der Waals surface area (Å²) in [5.41, 5.74) is 3.64. The molecule has 0 heterocycles. The maximum Gasteiger partial charge on any atom is 0.221 e. The Morgan fingerprint density at radius 1 is 1.16 bits per heavy atom. The molecule has 94 valence electrons. The van der Waals surface area contributed by atoms with Gasteiger partial charge in [0.1, 0.15) is 0 Å². The van der Waals surface area contributed by atoms with Crippen LogP contribution in [0.4, 0.5) is 5.69 Å². The van der Waals surface area contributed by atoms with Crippen LogP contribution in [0, 0.1) is 11.3 Å². The lowest BCUT2D eigenvalue weighted by Crippen LogP contribution is -2.05. The normalized spacial score (nSPS) is 9.68. The van der Waals surface area contributed by atoms with E-state index in [1.54, 1.807) is 6.07 Å². The van der Waals surface area contributed by atoms with Gasteiger partial charge in [0.2, 0.25) is 5.91 Å². The summed E-state index contributed by atoms with van der Waals surface area (Å²) in [6.07, 6.45) is 0.739. The van der Waals surface area contributed by atoms with Crippen molar-refractivity contribution in [3.8, 4) is 6.07 Å². The molecular weight excluding hydrogens is 236 g/mol. The fourth-order valence-electron chi connectivity index (χ4n) is 1.95. The molecule has 2 aromatic carbocycles. The summed E-state index contributed by atoms with van der Waals surface area (Å²) >= 11 is 0. The lowest BCUT2D eigenvalue weighted by Gasteiger charge is -2.06. The lowest BCUT2D eigenvalue weighted by molar-refractivity contribution is -0.114. The van der Waals surface area contributed by atoms with Crippen molar-refractivity contribution in [2.75, 3.05) is 5.32 Å². The molecule has 0 atom stereocenters. The van der Waals surface area contributed by atoms with Crippen molar-refractivity contribution in [3.63, 3.8) is 0 Å². The number of anilines is 1. The van der Waals surface area contributed by atoms with Crippen LogP contribution in [0.3, 0.4) is 0 Å². The number of carbonyl (C=O) groups excluding carboxylic acids is 1. The van der Waals surface area contributed by atoms with Gasteiger partial charge in [-0.2, -0.15) is 5.26 Å². The molecule has 1 amide bonds. The average Bonchev–Trinajstić information content (AvgIpc) is 2.38. The second kappa shape index (κ2) is 5.83. The predicted octanol–water partition coefficient (Wildman–Crippen LogP) is 3.11. The lowest BCUT2D eigenvalue weighted by atomic mass is 10.0. The molecule has 3 nitrogen and oxygen atoms in total. The summed E-state index contributed by atoms with van der Waals surface area (Å²) in [5.74, 6) is -0.0800. The zero-order valence-corrected chi connectivity index (χ0v) is 10.7. The van der Waals surface area contributed by atoms with E-state index in [4.69, 9.17) is 5.26 Å². The Morgan fingerprint density at radius 3 is 2.53 bits per heavy atom. The van der Waals surface area contributed by atoms with E-state index in [1.807, 2.05) is 42.5 Å². The van der Waals surface area contributed by atoms with Crippen molar-refractivity contribution >= 4 is 11.6 Å². The van der Waals surface area contributed by atoms with Crippen LogP contribution in [-0.4, -0.2) is 5.91 Å². The minimum Gasteiger partial charge on any atom is -0.326 e. The fraction of sp³-hybridized carbons (Fsp3) is 0.125. The van der Waals surface area contributed by atoms with E-state index < -0.39 is 0 Å². The van der Waals surface area contributed by atoms with Crippen LogP contribution in [0.15, 0.2) is 48.5 Å². The van der Waals surface area contributed by atoms with Gasteiger partial charge in [-0.15, -0.1) is 0 Å². The van der Waals surface area contributed by atoms with Crippen LogP contribution in [-0.2, 0) is 11.2 Å². The first-order valence-electron chi connectivity index (χ1n) is 6.03. The van der Waals surface area contributed by atoms with Crippen molar-refractivity contribution in [2.45, 2.75) is 13.3 Å². The summed E-state index contributed by atoms with van der Waals surface area (Å²) in [4.78, 5) is 11.0. The number of carbonyl (C=O) groups is 1. The van der Waals surface area contributed by atoms with Gasteiger partial charge >= 0.3 is 0 Å². The number of nitriles is 1. The standard InChI is InChI=1S/C16H14N2O/c1-12(19)18-16-7-3-5-14(10-16)8-13-4-2-6-15(9-13)11-17/h2-7,9-10H,8H2,1H3,(H,18,19). The molecule has 0 aliphatic heterocycles. The van der Waals surface area contributed by atoms with E-state index in [-0.39, 0.29) is 5.91 Å². The van der Waals surface area contributed by atoms with Gasteiger partial charge in [0.05, 0.1) is 11.6 Å². The van der Waals surface area contributed by atoms with Gasteiger partial charge in [0, 0.05) is 12.6 Å². The summed E-state index contributed by atoms with van der Waals surface area (Å²) in [5, 5.41) is 11.6. The molecule has 19 heavy (non-hydrogen) atoms. The number of nitrogens with one attached hydrogen (secondary N) is 1. The topological polar surface area (TPSA) is 52.9 Å². The molecule has 1 N–H and O–H groups in total. The Balaban J connectivity index is 2.18. The van der Waals surface area contributed by atoms with Crippen LogP contribution >= 0.6 is 0 Å². The summed E-state index contributed by atoms with van der Waals surface area (Å²) in [6.45, 7) is 1.49. The van der Waals surface area contributed by atoms with Gasteiger partial charge in [-0.05, 0) is 41.8 Å². The zero-order valence-electron chi connectivity index (χ0n) is 10.7. The molecular formula is C16H14N2O. The Hall–Kier alpha value is -2.60. The molecule has 0 unspecified atom stereocenters. The fourth-order valence-corrected chi connectivity index (χ4v) is 1.95. The predicted molar refractivity (Wildman–Crippen MR) is 74.7 cm³/mol. The van der Waals surface area contributed by atoms with E-state index in [0.717, 1.165) is 23.2 Å². The highest BCUT2D eigenvalue weighted by atomic mass is 16.1. The summed E-state index contributed by atoms with van der Waals surface area (Å²) < 4.78 is 0. The molecule has 0 radical (unpaired) electrons. The van der Waals surface area contributed by atoms with Gasteiger partial charge in [-0.25, -0.2) is 0 Å². The maximum atomic E-state index is 11.0. The van der Waals surface area contributed by atoms with Crippen molar-refractivity contribution in [2.24, 2.45) is 0 Å². The van der Waals surface area contributed by atoms with E-state index in [2.05, 4.69) is 11.4 Å². The van der Waals surface area contributed by atoms with Gasteiger partial charge in [0.15, 0.2) is 0 Å². The highest BCUT2D eigenvalue weighted by Crippen LogP contribution is 2.15. The van der Waals surface area contributed by atoms with Crippen LogP contribution in [0.2, 0.25) is 0 Å². The second-order valence-electron chi connectivity index (χ2n) is 4.37. The quantitative estimate of drug-likeness (QED) is 0.910. The number of benzene rings is 2.